The number of piperidine rings is 1. The molecular formula is C23H28N4O. The van der Waals surface area contributed by atoms with Crippen molar-refractivity contribution in [1.82, 2.24) is 4.90 Å². The molecule has 1 aliphatic carbocycles. The minimum atomic E-state index is 0.0808. The van der Waals surface area contributed by atoms with E-state index < -0.39 is 0 Å². The highest BCUT2D eigenvalue weighted by Crippen LogP contribution is 2.41. The van der Waals surface area contributed by atoms with Gasteiger partial charge in [0.15, 0.2) is 0 Å². The number of carbonyl (C=O) groups is 1. The number of amides is 1. The molecule has 1 aliphatic heterocycles. The summed E-state index contributed by atoms with van der Waals surface area (Å²) in [6.07, 6.45) is 4.22. The van der Waals surface area contributed by atoms with Crippen molar-refractivity contribution in [2.24, 2.45) is 5.73 Å². The van der Waals surface area contributed by atoms with Crippen LogP contribution in [0.2, 0.25) is 0 Å². The maximum Gasteiger partial charge on any atom is 0.254 e. The van der Waals surface area contributed by atoms with Crippen molar-refractivity contribution in [3.8, 4) is 0 Å². The number of aryl methyl sites for hydroxylation is 2. The van der Waals surface area contributed by atoms with Gasteiger partial charge in [-0.25, -0.2) is 0 Å². The standard InChI is InChI=1S/C23H28N4O/c1-14-12-20(25)21(26-15(2)24)13-19(14)23(28)27-11-5-8-18-17-7-4-3-6-16(17)9-10-22(18)27/h3-4,6-7,12-13,18,22,26H,2,5,8-11,24-25H2,1H3/t18?,22-/m0/s1. The lowest BCUT2D eigenvalue weighted by Gasteiger charge is -2.45. The van der Waals surface area contributed by atoms with Crippen molar-refractivity contribution in [3.05, 3.63) is 71.1 Å². The van der Waals surface area contributed by atoms with Gasteiger partial charge < -0.3 is 21.7 Å². The first kappa shape index (κ1) is 18.4. The van der Waals surface area contributed by atoms with Gasteiger partial charge in [0.2, 0.25) is 0 Å². The highest BCUT2D eigenvalue weighted by atomic mass is 16.2. The van der Waals surface area contributed by atoms with E-state index in [2.05, 4.69) is 41.1 Å². The molecule has 1 fully saturated rings. The SMILES string of the molecule is C=C(N)Nc1cc(C(=O)N2CCCC3c4ccccc4CC[C@@H]32)c(C)cc1N. The number of rotatable bonds is 3. The molecule has 2 atom stereocenters. The zero-order valence-corrected chi connectivity index (χ0v) is 16.4. The largest absolute Gasteiger partial charge is 0.397 e. The van der Waals surface area contributed by atoms with Crippen LogP contribution in [0, 0.1) is 6.92 Å². The van der Waals surface area contributed by atoms with Gasteiger partial charge in [-0.2, -0.15) is 0 Å². The molecule has 2 aromatic carbocycles. The van der Waals surface area contributed by atoms with Gasteiger partial charge in [0.25, 0.3) is 5.91 Å². The monoisotopic (exact) mass is 376 g/mol. The molecule has 146 valence electrons. The van der Waals surface area contributed by atoms with Crippen LogP contribution in [-0.2, 0) is 6.42 Å². The molecule has 0 bridgehead atoms. The summed E-state index contributed by atoms with van der Waals surface area (Å²) in [4.78, 5) is 15.6. The maximum atomic E-state index is 13.5. The van der Waals surface area contributed by atoms with Crippen LogP contribution < -0.4 is 16.8 Å². The van der Waals surface area contributed by atoms with Crippen molar-refractivity contribution in [2.75, 3.05) is 17.6 Å². The summed E-state index contributed by atoms with van der Waals surface area (Å²) in [5.74, 6) is 0.811. The van der Waals surface area contributed by atoms with E-state index in [9.17, 15) is 4.79 Å². The van der Waals surface area contributed by atoms with Crippen LogP contribution in [0.1, 0.15) is 52.2 Å². The fourth-order valence-corrected chi connectivity index (χ4v) is 4.85. The zero-order chi connectivity index (χ0) is 19.8. The van der Waals surface area contributed by atoms with Gasteiger partial charge in [-0.05, 0) is 61.4 Å². The number of likely N-dealkylation sites (tertiary alicyclic amines) is 1. The summed E-state index contributed by atoms with van der Waals surface area (Å²) in [5.41, 5.74) is 17.4. The third-order valence-electron chi connectivity index (χ3n) is 6.13. The second-order valence-corrected chi connectivity index (χ2v) is 7.96. The lowest BCUT2D eigenvalue weighted by molar-refractivity contribution is 0.0546. The number of hydrogen-bond donors (Lipinski definition) is 3. The Hall–Kier alpha value is -2.95. The summed E-state index contributed by atoms with van der Waals surface area (Å²) >= 11 is 0. The summed E-state index contributed by atoms with van der Waals surface area (Å²) in [6.45, 7) is 6.41. The first-order valence-electron chi connectivity index (χ1n) is 9.96. The summed E-state index contributed by atoms with van der Waals surface area (Å²) in [6, 6.07) is 12.6. The van der Waals surface area contributed by atoms with Crippen molar-refractivity contribution in [2.45, 2.75) is 44.6 Å². The third kappa shape index (κ3) is 3.21. The van der Waals surface area contributed by atoms with E-state index in [1.807, 2.05) is 19.1 Å². The van der Waals surface area contributed by atoms with Crippen molar-refractivity contribution < 1.29 is 4.79 Å². The highest BCUT2D eigenvalue weighted by molar-refractivity contribution is 5.98. The van der Waals surface area contributed by atoms with E-state index in [-0.39, 0.29) is 11.9 Å². The number of hydrogen-bond acceptors (Lipinski definition) is 4. The van der Waals surface area contributed by atoms with Gasteiger partial charge in [-0.15, -0.1) is 0 Å². The molecule has 2 aromatic rings. The Labute approximate surface area is 166 Å². The van der Waals surface area contributed by atoms with Gasteiger partial charge in [-0.1, -0.05) is 30.8 Å². The lowest BCUT2D eigenvalue weighted by Crippen LogP contribution is -2.49. The highest BCUT2D eigenvalue weighted by Gasteiger charge is 2.38. The van der Waals surface area contributed by atoms with Crippen molar-refractivity contribution >= 4 is 17.3 Å². The van der Waals surface area contributed by atoms with Gasteiger partial charge >= 0.3 is 0 Å². The van der Waals surface area contributed by atoms with Crippen molar-refractivity contribution in [1.29, 1.82) is 0 Å². The molecule has 28 heavy (non-hydrogen) atoms. The Morgan fingerprint density at radius 1 is 1.25 bits per heavy atom. The summed E-state index contributed by atoms with van der Waals surface area (Å²) in [7, 11) is 0. The van der Waals surface area contributed by atoms with E-state index >= 15 is 0 Å². The molecule has 4 rings (SSSR count). The molecule has 5 heteroatoms. The van der Waals surface area contributed by atoms with E-state index in [0.29, 0.717) is 28.7 Å². The van der Waals surface area contributed by atoms with E-state index in [1.54, 1.807) is 0 Å². The predicted molar refractivity (Wildman–Crippen MR) is 114 cm³/mol. The van der Waals surface area contributed by atoms with Crippen LogP contribution in [0.4, 0.5) is 11.4 Å². The van der Waals surface area contributed by atoms with Crippen LogP contribution >= 0.6 is 0 Å². The first-order valence-corrected chi connectivity index (χ1v) is 9.96. The van der Waals surface area contributed by atoms with Crippen molar-refractivity contribution in [3.63, 3.8) is 0 Å². The molecule has 1 amide bonds. The number of nitrogens with zero attached hydrogens (tertiary/aromatic N) is 1. The van der Waals surface area contributed by atoms with Crippen LogP contribution in [0.15, 0.2) is 48.8 Å². The topological polar surface area (TPSA) is 84.4 Å². The van der Waals surface area contributed by atoms with Gasteiger partial charge in [0, 0.05) is 24.1 Å². The number of nitrogens with two attached hydrogens (primary N) is 2. The fourth-order valence-electron chi connectivity index (χ4n) is 4.85. The average Bonchev–Trinajstić information content (AvgIpc) is 2.68. The number of nitrogens with one attached hydrogen (secondary N) is 1. The molecule has 0 saturated carbocycles. The fraction of sp³-hybridized carbons (Fsp3) is 0.348. The summed E-state index contributed by atoms with van der Waals surface area (Å²) in [5, 5.41) is 2.96. The minimum Gasteiger partial charge on any atom is -0.397 e. The average molecular weight is 377 g/mol. The van der Waals surface area contributed by atoms with Crippen LogP contribution in [0.5, 0.6) is 0 Å². The minimum absolute atomic E-state index is 0.0808. The zero-order valence-electron chi connectivity index (χ0n) is 16.4. The van der Waals surface area contributed by atoms with Gasteiger partial charge in [0.05, 0.1) is 17.2 Å². The Balaban J connectivity index is 1.66. The Morgan fingerprint density at radius 3 is 2.82 bits per heavy atom. The molecule has 1 unspecified atom stereocenters. The van der Waals surface area contributed by atoms with Gasteiger partial charge in [-0.3, -0.25) is 4.79 Å². The maximum absolute atomic E-state index is 13.5. The molecule has 2 aliphatic rings. The molecule has 1 saturated heterocycles. The normalized spacial score (nSPS) is 20.8. The number of anilines is 2. The Bertz CT molecular complexity index is 936. The number of fused-ring (bicyclic) bond motifs is 3. The molecule has 0 aromatic heterocycles. The van der Waals surface area contributed by atoms with Crippen LogP contribution in [-0.4, -0.2) is 23.4 Å². The van der Waals surface area contributed by atoms with E-state index in [1.165, 1.54) is 11.1 Å². The van der Waals surface area contributed by atoms with E-state index in [0.717, 1.165) is 37.8 Å². The lowest BCUT2D eigenvalue weighted by atomic mass is 9.74. The first-order chi connectivity index (χ1) is 13.5. The molecule has 1 heterocycles. The molecule has 5 N–H and O–H groups in total. The molecular weight excluding hydrogens is 348 g/mol. The van der Waals surface area contributed by atoms with Gasteiger partial charge in [0.1, 0.15) is 0 Å². The molecule has 0 radical (unpaired) electrons. The Morgan fingerprint density at radius 2 is 2.04 bits per heavy atom. The number of nitrogen functional groups attached to an aromatic ring is 1. The second kappa shape index (κ2) is 7.23. The Kier molecular flexibility index (Phi) is 4.75. The second-order valence-electron chi connectivity index (χ2n) is 7.96. The van der Waals surface area contributed by atoms with Crippen LogP contribution in [0.3, 0.4) is 0 Å². The van der Waals surface area contributed by atoms with Crippen LogP contribution in [0.25, 0.3) is 0 Å². The van der Waals surface area contributed by atoms with E-state index in [4.69, 9.17) is 11.5 Å². The quantitative estimate of drug-likeness (QED) is 0.712. The predicted octanol–water partition coefficient (Wildman–Crippen LogP) is 3.75. The summed E-state index contributed by atoms with van der Waals surface area (Å²) < 4.78 is 0. The third-order valence-corrected chi connectivity index (χ3v) is 6.13. The number of benzene rings is 2. The number of carbonyl (C=O) groups excluding carboxylic acids is 1. The molecule has 5 nitrogen and oxygen atoms in total. The smallest absolute Gasteiger partial charge is 0.254 e. The molecule has 0 spiro atoms.